The first-order valence-corrected chi connectivity index (χ1v) is 7.55. The second-order valence-electron chi connectivity index (χ2n) is 4.12. The maximum atomic E-state index is 11.3. The lowest BCUT2D eigenvalue weighted by Crippen LogP contribution is -2.20. The van der Waals surface area contributed by atoms with Crippen molar-refractivity contribution in [2.24, 2.45) is 0 Å². The minimum absolute atomic E-state index is 0.219. The number of sulfone groups is 1. The smallest absolute Gasteiger partial charge is 0.511 e. The number of hydrogen-bond acceptors (Lipinski definition) is 6. The van der Waals surface area contributed by atoms with Crippen LogP contribution in [0.4, 0.5) is 0 Å². The second kappa shape index (κ2) is 5.62. The highest BCUT2D eigenvalue weighted by atomic mass is 32.2. The Morgan fingerprint density at radius 1 is 1.10 bits per heavy atom. The standard InChI is InChI=1S/C12H12BNO5S/c1-20(17,18)11-5-2-9(3-6-11)12-7-4-10(8-14-12)19-13(15)16/h2-8,15-16H,1H3. The van der Waals surface area contributed by atoms with Crippen LogP contribution < -0.4 is 4.65 Å². The molecule has 1 heterocycles. The molecule has 8 heteroatoms. The quantitative estimate of drug-likeness (QED) is 0.797. The molecular formula is C12H12BNO5S. The van der Waals surface area contributed by atoms with Crippen molar-refractivity contribution >= 4 is 17.2 Å². The molecule has 0 aliphatic rings. The van der Waals surface area contributed by atoms with Gasteiger partial charge in [-0.25, -0.2) is 8.42 Å². The number of hydrogen-bond donors (Lipinski definition) is 2. The summed E-state index contributed by atoms with van der Waals surface area (Å²) in [7, 11) is -5.11. The topological polar surface area (TPSA) is 96.7 Å². The van der Waals surface area contributed by atoms with E-state index in [0.717, 1.165) is 11.8 Å². The fraction of sp³-hybridized carbons (Fsp3) is 0.0833. The van der Waals surface area contributed by atoms with Gasteiger partial charge >= 0.3 is 7.32 Å². The van der Waals surface area contributed by atoms with Crippen LogP contribution >= 0.6 is 0 Å². The van der Waals surface area contributed by atoms with Crippen molar-refractivity contribution in [2.75, 3.05) is 6.26 Å². The molecule has 0 saturated heterocycles. The lowest BCUT2D eigenvalue weighted by molar-refractivity contribution is 0.287. The Balaban J connectivity index is 2.24. The van der Waals surface area contributed by atoms with Crippen LogP contribution in [0.3, 0.4) is 0 Å². The molecule has 0 atom stereocenters. The Morgan fingerprint density at radius 2 is 1.75 bits per heavy atom. The number of pyridine rings is 1. The van der Waals surface area contributed by atoms with Crippen molar-refractivity contribution in [3.63, 3.8) is 0 Å². The summed E-state index contributed by atoms with van der Waals surface area (Å²) in [5.74, 6) is 0.219. The molecule has 0 spiro atoms. The largest absolute Gasteiger partial charge is 0.707 e. The van der Waals surface area contributed by atoms with Crippen LogP contribution in [0.2, 0.25) is 0 Å². The van der Waals surface area contributed by atoms with Crippen LogP contribution in [0.25, 0.3) is 11.3 Å². The van der Waals surface area contributed by atoms with Gasteiger partial charge in [0, 0.05) is 11.8 Å². The van der Waals surface area contributed by atoms with E-state index in [1.165, 1.54) is 24.4 Å². The van der Waals surface area contributed by atoms with Gasteiger partial charge in [0.1, 0.15) is 5.75 Å². The van der Waals surface area contributed by atoms with E-state index in [1.54, 1.807) is 18.2 Å². The molecule has 0 unspecified atom stereocenters. The third kappa shape index (κ3) is 3.56. The van der Waals surface area contributed by atoms with Crippen LogP contribution in [0.5, 0.6) is 5.75 Å². The monoisotopic (exact) mass is 293 g/mol. The van der Waals surface area contributed by atoms with Crippen LogP contribution in [0, 0.1) is 0 Å². The van der Waals surface area contributed by atoms with E-state index in [0.29, 0.717) is 5.69 Å². The van der Waals surface area contributed by atoms with Crippen molar-refractivity contribution in [1.29, 1.82) is 0 Å². The average Bonchev–Trinajstić information content (AvgIpc) is 2.38. The number of nitrogens with zero attached hydrogens (tertiary/aromatic N) is 1. The molecule has 20 heavy (non-hydrogen) atoms. The van der Waals surface area contributed by atoms with E-state index in [4.69, 9.17) is 10.0 Å². The van der Waals surface area contributed by atoms with Crippen molar-refractivity contribution in [3.05, 3.63) is 42.6 Å². The van der Waals surface area contributed by atoms with Crippen LogP contribution in [-0.4, -0.2) is 37.0 Å². The fourth-order valence-corrected chi connectivity index (χ4v) is 2.25. The Bertz CT molecular complexity index is 683. The van der Waals surface area contributed by atoms with E-state index in [-0.39, 0.29) is 10.6 Å². The zero-order valence-corrected chi connectivity index (χ0v) is 11.4. The first kappa shape index (κ1) is 14.5. The van der Waals surface area contributed by atoms with Gasteiger partial charge in [-0.3, -0.25) is 4.98 Å². The maximum absolute atomic E-state index is 11.3. The highest BCUT2D eigenvalue weighted by molar-refractivity contribution is 7.90. The lowest BCUT2D eigenvalue weighted by atomic mass is 10.1. The summed E-state index contributed by atoms with van der Waals surface area (Å²) in [4.78, 5) is 4.34. The molecule has 0 aliphatic heterocycles. The molecule has 0 aliphatic carbocycles. The highest BCUT2D eigenvalue weighted by Crippen LogP contribution is 2.21. The molecule has 0 radical (unpaired) electrons. The first-order valence-electron chi connectivity index (χ1n) is 5.65. The molecule has 1 aromatic carbocycles. The van der Waals surface area contributed by atoms with Gasteiger partial charge < -0.3 is 14.7 Å². The van der Waals surface area contributed by atoms with Gasteiger partial charge in [0.05, 0.1) is 16.8 Å². The predicted octanol–water partition coefficient (Wildman–Crippen LogP) is 0.500. The van der Waals surface area contributed by atoms with Crippen LogP contribution in [-0.2, 0) is 9.84 Å². The summed E-state index contributed by atoms with van der Waals surface area (Å²) in [6.45, 7) is 0. The molecule has 2 aromatic rings. The van der Waals surface area contributed by atoms with Crippen molar-refractivity contribution in [2.45, 2.75) is 4.90 Å². The van der Waals surface area contributed by atoms with E-state index >= 15 is 0 Å². The SMILES string of the molecule is CS(=O)(=O)c1ccc(-c2ccc(OB(O)O)cn2)cc1. The number of rotatable bonds is 4. The summed E-state index contributed by atoms with van der Waals surface area (Å²) in [5.41, 5.74) is 1.36. The Hall–Kier alpha value is -1.90. The van der Waals surface area contributed by atoms with Gasteiger partial charge in [-0.15, -0.1) is 0 Å². The minimum atomic E-state index is -3.22. The lowest BCUT2D eigenvalue weighted by Gasteiger charge is -2.06. The first-order chi connectivity index (χ1) is 9.36. The molecule has 104 valence electrons. The molecular weight excluding hydrogens is 281 g/mol. The molecule has 1 aromatic heterocycles. The average molecular weight is 293 g/mol. The Labute approximate surface area is 116 Å². The van der Waals surface area contributed by atoms with Crippen molar-refractivity contribution < 1.29 is 23.1 Å². The predicted molar refractivity (Wildman–Crippen MR) is 73.6 cm³/mol. The van der Waals surface area contributed by atoms with E-state index < -0.39 is 17.2 Å². The van der Waals surface area contributed by atoms with Gasteiger partial charge in [-0.2, -0.15) is 0 Å². The second-order valence-corrected chi connectivity index (χ2v) is 6.14. The summed E-state index contributed by atoms with van der Waals surface area (Å²) in [6.07, 6.45) is 2.49. The molecule has 0 fully saturated rings. The van der Waals surface area contributed by atoms with E-state index in [9.17, 15) is 8.42 Å². The maximum Gasteiger partial charge on any atom is 0.707 e. The Morgan fingerprint density at radius 3 is 2.20 bits per heavy atom. The van der Waals surface area contributed by atoms with Gasteiger partial charge in [0.2, 0.25) is 0 Å². The van der Waals surface area contributed by atoms with Gasteiger partial charge in [0.25, 0.3) is 0 Å². The summed E-state index contributed by atoms with van der Waals surface area (Å²) in [5, 5.41) is 17.3. The molecule has 0 saturated carbocycles. The number of aromatic nitrogens is 1. The third-order valence-electron chi connectivity index (χ3n) is 2.56. The summed E-state index contributed by atoms with van der Waals surface area (Å²) >= 11 is 0. The van der Waals surface area contributed by atoms with Gasteiger partial charge in [0.15, 0.2) is 9.84 Å². The van der Waals surface area contributed by atoms with Crippen LogP contribution in [0.15, 0.2) is 47.5 Å². The van der Waals surface area contributed by atoms with E-state index in [1.807, 2.05) is 0 Å². The zero-order chi connectivity index (χ0) is 14.8. The molecule has 2 rings (SSSR count). The zero-order valence-electron chi connectivity index (χ0n) is 10.6. The van der Waals surface area contributed by atoms with Crippen molar-refractivity contribution in [1.82, 2.24) is 4.98 Å². The van der Waals surface area contributed by atoms with Crippen molar-refractivity contribution in [3.8, 4) is 17.0 Å². The molecule has 0 bridgehead atoms. The summed E-state index contributed by atoms with van der Waals surface area (Å²) in [6, 6.07) is 9.49. The molecule has 0 amide bonds. The fourth-order valence-electron chi connectivity index (χ4n) is 1.62. The van der Waals surface area contributed by atoms with Gasteiger partial charge in [-0.05, 0) is 24.3 Å². The van der Waals surface area contributed by atoms with Crippen LogP contribution in [0.1, 0.15) is 0 Å². The van der Waals surface area contributed by atoms with Gasteiger partial charge in [-0.1, -0.05) is 12.1 Å². The molecule has 6 nitrogen and oxygen atoms in total. The van der Waals surface area contributed by atoms with E-state index in [2.05, 4.69) is 9.64 Å². The Kier molecular flexibility index (Phi) is 4.08. The normalized spacial score (nSPS) is 11.2. The minimum Gasteiger partial charge on any atom is -0.511 e. The molecule has 2 N–H and O–H groups in total. The third-order valence-corrected chi connectivity index (χ3v) is 3.68. The summed E-state index contributed by atoms with van der Waals surface area (Å²) < 4.78 is 27.3. The number of benzene rings is 1. The highest BCUT2D eigenvalue weighted by Gasteiger charge is 2.11.